The first-order chi connectivity index (χ1) is 13.1. The number of para-hydroxylation sites is 1. The lowest BCUT2D eigenvalue weighted by molar-refractivity contribution is 0.501. The van der Waals surface area contributed by atoms with E-state index in [9.17, 15) is 8.42 Å². The number of hydrogen-bond donors (Lipinski definition) is 0. The molecule has 0 atom stereocenters. The van der Waals surface area contributed by atoms with Crippen LogP contribution in [-0.4, -0.2) is 22.4 Å². The minimum atomic E-state index is -3.66. The van der Waals surface area contributed by atoms with Gasteiger partial charge >= 0.3 is 0 Å². The summed E-state index contributed by atoms with van der Waals surface area (Å²) in [6, 6.07) is 17.4. The summed E-state index contributed by atoms with van der Waals surface area (Å²) in [7, 11) is -3.66. The largest absolute Gasteiger partial charge is 0.279 e. The van der Waals surface area contributed by atoms with Gasteiger partial charge in [0.2, 0.25) is 4.34 Å². The summed E-state index contributed by atoms with van der Waals surface area (Å²) in [5.41, 5.74) is 1.73. The van der Waals surface area contributed by atoms with Crippen LogP contribution in [0.25, 0.3) is 10.2 Å². The second-order valence-corrected chi connectivity index (χ2v) is 11.4. The van der Waals surface area contributed by atoms with Crippen LogP contribution in [0.5, 0.6) is 0 Å². The Balaban J connectivity index is 1.66. The van der Waals surface area contributed by atoms with E-state index in [4.69, 9.17) is 0 Å². The molecule has 0 spiro atoms. The minimum absolute atomic E-state index is 0.183. The molecular formula is C20H22N2O2S3. The SMILES string of the molecule is O=S(=O)(c1nc2ccccc2s1)N(Cc1ccccc1)SC1CCCCC1. The molecule has 0 bridgehead atoms. The Hall–Kier alpha value is -1.41. The number of nitrogens with zero attached hydrogens (tertiary/aromatic N) is 2. The van der Waals surface area contributed by atoms with Gasteiger partial charge < -0.3 is 0 Å². The molecule has 3 aromatic rings. The van der Waals surface area contributed by atoms with Gasteiger partial charge in [-0.15, -0.1) is 15.0 Å². The molecule has 1 aliphatic carbocycles. The Morgan fingerprint density at radius 1 is 1.00 bits per heavy atom. The van der Waals surface area contributed by atoms with Gasteiger partial charge in [0.25, 0.3) is 10.0 Å². The molecule has 0 unspecified atom stereocenters. The summed E-state index contributed by atoms with van der Waals surface area (Å²) in [5, 5.41) is 0.353. The first kappa shape index (κ1) is 18.9. The number of fused-ring (bicyclic) bond motifs is 1. The highest BCUT2D eigenvalue weighted by Crippen LogP contribution is 2.37. The van der Waals surface area contributed by atoms with Crippen molar-refractivity contribution < 1.29 is 8.42 Å². The zero-order valence-electron chi connectivity index (χ0n) is 15.0. The summed E-state index contributed by atoms with van der Waals surface area (Å²) in [4.78, 5) is 4.42. The van der Waals surface area contributed by atoms with E-state index in [0.717, 1.165) is 28.6 Å². The fraction of sp³-hybridized carbons (Fsp3) is 0.350. The summed E-state index contributed by atoms with van der Waals surface area (Å²) < 4.78 is 29.5. The maximum absolute atomic E-state index is 13.4. The van der Waals surface area contributed by atoms with Crippen molar-refractivity contribution in [2.45, 2.75) is 48.2 Å². The molecule has 1 saturated carbocycles. The Bertz CT molecular complexity index is 963. The Morgan fingerprint density at radius 2 is 1.70 bits per heavy atom. The third-order valence-electron chi connectivity index (χ3n) is 4.74. The van der Waals surface area contributed by atoms with Gasteiger partial charge in [-0.05, 0) is 30.5 Å². The van der Waals surface area contributed by atoms with E-state index in [1.807, 2.05) is 54.6 Å². The summed E-state index contributed by atoms with van der Waals surface area (Å²) in [6.07, 6.45) is 5.76. The monoisotopic (exact) mass is 418 g/mol. The first-order valence-electron chi connectivity index (χ1n) is 9.22. The molecule has 1 aromatic heterocycles. The number of benzene rings is 2. The predicted octanol–water partition coefficient (Wildman–Crippen LogP) is 5.47. The fourth-order valence-electron chi connectivity index (χ4n) is 3.30. The van der Waals surface area contributed by atoms with Gasteiger partial charge in [-0.3, -0.25) is 0 Å². The molecule has 0 radical (unpaired) electrons. The Labute approximate surface area is 168 Å². The van der Waals surface area contributed by atoms with E-state index in [2.05, 4.69) is 4.98 Å². The molecule has 7 heteroatoms. The molecule has 27 heavy (non-hydrogen) atoms. The van der Waals surface area contributed by atoms with Crippen molar-refractivity contribution in [2.24, 2.45) is 0 Å². The highest BCUT2D eigenvalue weighted by Gasteiger charge is 2.31. The molecule has 0 amide bonds. The van der Waals surface area contributed by atoms with Gasteiger partial charge in [-0.1, -0.05) is 73.7 Å². The third kappa shape index (κ3) is 4.37. The van der Waals surface area contributed by atoms with Gasteiger partial charge in [0, 0.05) is 5.25 Å². The van der Waals surface area contributed by atoms with Gasteiger partial charge in [0.1, 0.15) is 0 Å². The van der Waals surface area contributed by atoms with Crippen molar-refractivity contribution in [3.8, 4) is 0 Å². The van der Waals surface area contributed by atoms with E-state index in [-0.39, 0.29) is 4.34 Å². The molecule has 0 saturated heterocycles. The van der Waals surface area contributed by atoms with Gasteiger partial charge in [0.15, 0.2) is 0 Å². The summed E-state index contributed by atoms with van der Waals surface area (Å²) >= 11 is 2.74. The normalized spacial score (nSPS) is 16.2. The van der Waals surface area contributed by atoms with Crippen LogP contribution in [0, 0.1) is 0 Å². The Kier molecular flexibility index (Phi) is 5.82. The number of thiazole rings is 1. The van der Waals surface area contributed by atoms with Crippen molar-refractivity contribution in [1.29, 1.82) is 0 Å². The second kappa shape index (κ2) is 8.31. The lowest BCUT2D eigenvalue weighted by Crippen LogP contribution is -2.28. The lowest BCUT2D eigenvalue weighted by atomic mass is 10.0. The zero-order chi connectivity index (χ0) is 18.7. The van der Waals surface area contributed by atoms with Crippen LogP contribution in [0.2, 0.25) is 0 Å². The highest BCUT2D eigenvalue weighted by atomic mass is 32.3. The van der Waals surface area contributed by atoms with Gasteiger partial charge in [0.05, 0.1) is 16.8 Å². The third-order valence-corrected chi connectivity index (χ3v) is 9.63. The Morgan fingerprint density at radius 3 is 2.44 bits per heavy atom. The predicted molar refractivity (Wildman–Crippen MR) is 113 cm³/mol. The van der Waals surface area contributed by atoms with Crippen molar-refractivity contribution in [2.75, 3.05) is 0 Å². The lowest BCUT2D eigenvalue weighted by Gasteiger charge is -2.27. The standard InChI is InChI=1S/C20H22N2O2S3/c23-27(24,20-21-18-13-7-8-14-19(18)25-20)22(15-16-9-3-1-4-10-16)26-17-11-5-2-6-12-17/h1,3-4,7-10,13-14,17H,2,5-6,11-12,15H2. The highest BCUT2D eigenvalue weighted by molar-refractivity contribution is 8.09. The van der Waals surface area contributed by atoms with Crippen molar-refractivity contribution in [3.63, 3.8) is 0 Å². The smallest absolute Gasteiger partial charge is 0.224 e. The molecule has 1 heterocycles. The van der Waals surface area contributed by atoms with E-state index in [0.29, 0.717) is 11.8 Å². The van der Waals surface area contributed by atoms with Gasteiger partial charge in [-0.25, -0.2) is 13.4 Å². The summed E-state index contributed by atoms with van der Waals surface area (Å²) in [6.45, 7) is 0.361. The molecule has 1 fully saturated rings. The molecule has 0 N–H and O–H groups in total. The molecule has 4 nitrogen and oxygen atoms in total. The number of aromatic nitrogens is 1. The quantitative estimate of drug-likeness (QED) is 0.498. The molecule has 0 aliphatic heterocycles. The fourth-order valence-corrected chi connectivity index (χ4v) is 7.93. The van der Waals surface area contributed by atoms with Crippen LogP contribution in [0.15, 0.2) is 58.9 Å². The van der Waals surface area contributed by atoms with Crippen LogP contribution in [0.3, 0.4) is 0 Å². The molecule has 142 valence electrons. The number of sulfonamides is 1. The number of rotatable bonds is 6. The summed E-state index contributed by atoms with van der Waals surface area (Å²) in [5.74, 6) is 0. The average molecular weight is 419 g/mol. The van der Waals surface area contributed by atoms with Crippen molar-refractivity contribution >= 4 is 43.5 Å². The maximum Gasteiger partial charge on any atom is 0.279 e. The van der Waals surface area contributed by atoms with E-state index in [1.165, 1.54) is 42.5 Å². The van der Waals surface area contributed by atoms with E-state index < -0.39 is 10.0 Å². The first-order valence-corrected chi connectivity index (χ1v) is 12.3. The van der Waals surface area contributed by atoms with Crippen molar-refractivity contribution in [1.82, 2.24) is 8.69 Å². The van der Waals surface area contributed by atoms with Crippen LogP contribution < -0.4 is 0 Å². The van der Waals surface area contributed by atoms with Crippen LogP contribution >= 0.6 is 23.3 Å². The van der Waals surface area contributed by atoms with Crippen LogP contribution in [0.1, 0.15) is 37.7 Å². The average Bonchev–Trinajstić information content (AvgIpc) is 3.14. The van der Waals surface area contributed by atoms with E-state index >= 15 is 0 Å². The van der Waals surface area contributed by atoms with Crippen LogP contribution in [-0.2, 0) is 16.6 Å². The molecule has 4 rings (SSSR count). The van der Waals surface area contributed by atoms with Gasteiger partial charge in [-0.2, -0.15) is 0 Å². The maximum atomic E-state index is 13.4. The topological polar surface area (TPSA) is 50.3 Å². The minimum Gasteiger partial charge on any atom is -0.224 e. The molecular weight excluding hydrogens is 396 g/mol. The second-order valence-electron chi connectivity index (χ2n) is 6.76. The molecule has 1 aliphatic rings. The van der Waals surface area contributed by atoms with E-state index in [1.54, 1.807) is 3.71 Å². The van der Waals surface area contributed by atoms with Crippen molar-refractivity contribution in [3.05, 3.63) is 60.2 Å². The zero-order valence-corrected chi connectivity index (χ0v) is 17.4. The van der Waals surface area contributed by atoms with Crippen LogP contribution in [0.4, 0.5) is 0 Å². The number of hydrogen-bond acceptors (Lipinski definition) is 5. The molecule has 2 aromatic carbocycles.